The van der Waals surface area contributed by atoms with Gasteiger partial charge in [-0.3, -0.25) is 5.32 Å². The number of benzene rings is 1. The van der Waals surface area contributed by atoms with Gasteiger partial charge in [0.2, 0.25) is 0 Å². The molecule has 2 aromatic rings. The van der Waals surface area contributed by atoms with Crippen molar-refractivity contribution < 1.29 is 4.79 Å². The molecule has 0 radical (unpaired) electrons. The maximum Gasteiger partial charge on any atom is 0.324 e. The topological polar surface area (TPSA) is 41.1 Å². The number of hydrogen-bond donors (Lipinski definition) is 2. The summed E-state index contributed by atoms with van der Waals surface area (Å²) in [5, 5.41) is 8.43. The van der Waals surface area contributed by atoms with E-state index in [2.05, 4.69) is 10.6 Å². The molecule has 17 heavy (non-hydrogen) atoms. The van der Waals surface area contributed by atoms with E-state index < -0.39 is 0 Å². The zero-order chi connectivity index (χ0) is 12.3. The molecule has 0 atom stereocenters. The summed E-state index contributed by atoms with van der Waals surface area (Å²) in [6, 6.07) is 9.51. The standard InChI is InChI=1S/C13H14N2OS/c1-9-5-3-6-10(2)12(9)15-13(16)14-11-7-4-8-17-11/h3-8H,1-2H3,(H2,14,15,16). The molecule has 0 aliphatic carbocycles. The third kappa shape index (κ3) is 2.85. The SMILES string of the molecule is Cc1cccc(C)c1NC(=O)Nc1cccs1. The minimum absolute atomic E-state index is 0.204. The lowest BCUT2D eigenvalue weighted by molar-refractivity contribution is 0.262. The summed E-state index contributed by atoms with van der Waals surface area (Å²) in [4.78, 5) is 11.8. The van der Waals surface area contributed by atoms with Crippen LogP contribution in [0.3, 0.4) is 0 Å². The van der Waals surface area contributed by atoms with Crippen LogP contribution in [-0.2, 0) is 0 Å². The largest absolute Gasteiger partial charge is 0.324 e. The van der Waals surface area contributed by atoms with E-state index in [4.69, 9.17) is 0 Å². The number of nitrogens with one attached hydrogen (secondary N) is 2. The van der Waals surface area contributed by atoms with Crippen molar-refractivity contribution in [1.82, 2.24) is 0 Å². The maximum atomic E-state index is 11.8. The molecule has 0 saturated heterocycles. The van der Waals surface area contributed by atoms with Gasteiger partial charge in [-0.05, 0) is 42.5 Å². The first-order chi connectivity index (χ1) is 8.16. The van der Waals surface area contributed by atoms with E-state index in [-0.39, 0.29) is 6.03 Å². The lowest BCUT2D eigenvalue weighted by Crippen LogP contribution is -2.19. The van der Waals surface area contributed by atoms with Crippen molar-refractivity contribution in [2.75, 3.05) is 10.6 Å². The molecule has 0 aliphatic heterocycles. The van der Waals surface area contributed by atoms with Gasteiger partial charge in [-0.2, -0.15) is 0 Å². The number of para-hydroxylation sites is 1. The number of urea groups is 1. The van der Waals surface area contributed by atoms with Crippen molar-refractivity contribution in [1.29, 1.82) is 0 Å². The molecule has 0 saturated carbocycles. The number of hydrogen-bond acceptors (Lipinski definition) is 2. The highest BCUT2D eigenvalue weighted by Crippen LogP contribution is 2.20. The minimum Gasteiger partial charge on any atom is -0.307 e. The van der Waals surface area contributed by atoms with E-state index in [0.717, 1.165) is 21.8 Å². The van der Waals surface area contributed by atoms with Gasteiger partial charge in [-0.25, -0.2) is 4.79 Å². The van der Waals surface area contributed by atoms with E-state index in [1.165, 1.54) is 11.3 Å². The lowest BCUT2D eigenvalue weighted by atomic mass is 10.1. The highest BCUT2D eigenvalue weighted by atomic mass is 32.1. The Bertz CT molecular complexity index is 500. The molecular formula is C13H14N2OS. The van der Waals surface area contributed by atoms with E-state index >= 15 is 0 Å². The van der Waals surface area contributed by atoms with Crippen LogP contribution in [0.25, 0.3) is 0 Å². The van der Waals surface area contributed by atoms with Gasteiger partial charge in [-0.15, -0.1) is 11.3 Å². The van der Waals surface area contributed by atoms with Crippen LogP contribution in [0.1, 0.15) is 11.1 Å². The number of amides is 2. The first kappa shape index (κ1) is 11.7. The minimum atomic E-state index is -0.204. The van der Waals surface area contributed by atoms with Gasteiger partial charge in [-0.1, -0.05) is 18.2 Å². The number of carbonyl (C=O) groups is 1. The molecule has 2 N–H and O–H groups in total. The molecule has 3 nitrogen and oxygen atoms in total. The smallest absolute Gasteiger partial charge is 0.307 e. The number of rotatable bonds is 2. The molecular weight excluding hydrogens is 232 g/mol. The second kappa shape index (κ2) is 5.01. The van der Waals surface area contributed by atoms with Gasteiger partial charge >= 0.3 is 6.03 Å². The third-order valence-corrected chi connectivity index (χ3v) is 3.26. The first-order valence-corrected chi connectivity index (χ1v) is 6.22. The average molecular weight is 246 g/mol. The van der Waals surface area contributed by atoms with Gasteiger partial charge in [0.1, 0.15) is 0 Å². The molecule has 1 heterocycles. The Kier molecular flexibility index (Phi) is 3.44. The summed E-state index contributed by atoms with van der Waals surface area (Å²) in [6.07, 6.45) is 0. The molecule has 88 valence electrons. The van der Waals surface area contributed by atoms with Crippen molar-refractivity contribution >= 4 is 28.1 Å². The Hall–Kier alpha value is -1.81. The zero-order valence-electron chi connectivity index (χ0n) is 9.78. The lowest BCUT2D eigenvalue weighted by Gasteiger charge is -2.11. The molecule has 1 aromatic heterocycles. The van der Waals surface area contributed by atoms with Gasteiger partial charge in [0.05, 0.1) is 5.00 Å². The number of anilines is 2. The third-order valence-electron chi connectivity index (χ3n) is 2.48. The molecule has 4 heteroatoms. The number of aryl methyl sites for hydroxylation is 2. The number of thiophene rings is 1. The molecule has 1 aromatic carbocycles. The van der Waals surface area contributed by atoms with Gasteiger partial charge in [0.25, 0.3) is 0 Å². The van der Waals surface area contributed by atoms with Crippen molar-refractivity contribution in [3.63, 3.8) is 0 Å². The first-order valence-electron chi connectivity index (χ1n) is 5.34. The Morgan fingerprint density at radius 1 is 1.06 bits per heavy atom. The van der Waals surface area contributed by atoms with E-state index in [9.17, 15) is 4.79 Å². The summed E-state index contributed by atoms with van der Waals surface area (Å²) in [5.41, 5.74) is 3.00. The fraction of sp³-hybridized carbons (Fsp3) is 0.154. The van der Waals surface area contributed by atoms with Crippen molar-refractivity contribution in [2.24, 2.45) is 0 Å². The van der Waals surface area contributed by atoms with E-state index in [1.54, 1.807) is 0 Å². The molecule has 0 unspecified atom stereocenters. The summed E-state index contributed by atoms with van der Waals surface area (Å²) >= 11 is 1.50. The Morgan fingerprint density at radius 2 is 1.76 bits per heavy atom. The second-order valence-corrected chi connectivity index (χ2v) is 4.77. The quantitative estimate of drug-likeness (QED) is 0.826. The Labute approximate surface area is 104 Å². The van der Waals surface area contributed by atoms with Crippen LogP contribution in [0.2, 0.25) is 0 Å². The summed E-state index contributed by atoms with van der Waals surface area (Å²) in [6.45, 7) is 3.96. The normalized spacial score (nSPS) is 10.0. The van der Waals surface area contributed by atoms with E-state index in [1.807, 2.05) is 49.6 Å². The van der Waals surface area contributed by atoms with Crippen LogP contribution in [-0.4, -0.2) is 6.03 Å². The predicted molar refractivity (Wildman–Crippen MR) is 72.9 cm³/mol. The van der Waals surface area contributed by atoms with Crippen molar-refractivity contribution in [3.8, 4) is 0 Å². The fourth-order valence-electron chi connectivity index (χ4n) is 1.62. The highest BCUT2D eigenvalue weighted by Gasteiger charge is 2.07. The summed E-state index contributed by atoms with van der Waals surface area (Å²) in [5.74, 6) is 0. The van der Waals surface area contributed by atoms with Crippen molar-refractivity contribution in [3.05, 3.63) is 46.8 Å². The van der Waals surface area contributed by atoms with Crippen LogP contribution in [0, 0.1) is 13.8 Å². The van der Waals surface area contributed by atoms with Gasteiger partial charge < -0.3 is 5.32 Å². The monoisotopic (exact) mass is 246 g/mol. The van der Waals surface area contributed by atoms with Crippen LogP contribution < -0.4 is 10.6 Å². The average Bonchev–Trinajstić information content (AvgIpc) is 2.76. The van der Waals surface area contributed by atoms with Crippen LogP contribution in [0.4, 0.5) is 15.5 Å². The van der Waals surface area contributed by atoms with Crippen LogP contribution in [0.15, 0.2) is 35.7 Å². The molecule has 0 aliphatic rings. The van der Waals surface area contributed by atoms with Crippen molar-refractivity contribution in [2.45, 2.75) is 13.8 Å². The number of carbonyl (C=O) groups excluding carboxylic acids is 1. The molecule has 0 fully saturated rings. The molecule has 0 spiro atoms. The Morgan fingerprint density at radius 3 is 2.35 bits per heavy atom. The zero-order valence-corrected chi connectivity index (χ0v) is 10.6. The molecule has 2 amide bonds. The van der Waals surface area contributed by atoms with Crippen LogP contribution >= 0.6 is 11.3 Å². The van der Waals surface area contributed by atoms with Crippen LogP contribution in [0.5, 0.6) is 0 Å². The van der Waals surface area contributed by atoms with Gasteiger partial charge in [0, 0.05) is 5.69 Å². The second-order valence-electron chi connectivity index (χ2n) is 3.82. The fourth-order valence-corrected chi connectivity index (χ4v) is 2.23. The maximum absolute atomic E-state index is 11.8. The van der Waals surface area contributed by atoms with Gasteiger partial charge in [0.15, 0.2) is 0 Å². The summed E-state index contributed by atoms with van der Waals surface area (Å²) in [7, 11) is 0. The predicted octanol–water partition coefficient (Wildman–Crippen LogP) is 4.01. The Balaban J connectivity index is 2.08. The molecule has 2 rings (SSSR count). The highest BCUT2D eigenvalue weighted by molar-refractivity contribution is 7.14. The van der Waals surface area contributed by atoms with E-state index in [0.29, 0.717) is 0 Å². The summed E-state index contributed by atoms with van der Waals surface area (Å²) < 4.78 is 0. The molecule has 0 bridgehead atoms.